The van der Waals surface area contributed by atoms with E-state index >= 15 is 0 Å². The minimum Gasteiger partial charge on any atom is -0.352 e. The monoisotopic (exact) mass is 211 g/mol. The Balaban J connectivity index is 2.10. The van der Waals surface area contributed by atoms with Crippen LogP contribution in [0.1, 0.15) is 13.3 Å². The van der Waals surface area contributed by atoms with Crippen molar-refractivity contribution in [3.05, 3.63) is 23.4 Å². The van der Waals surface area contributed by atoms with Crippen molar-refractivity contribution in [3.63, 3.8) is 0 Å². The zero-order valence-electron chi connectivity index (χ0n) is 8.20. The number of rotatable bonds is 2. The maximum Gasteiger partial charge on any atom is 0.147 e. The third-order valence-electron chi connectivity index (χ3n) is 2.75. The molecular formula is C10H14ClN3. The van der Waals surface area contributed by atoms with Crippen LogP contribution in [0.2, 0.25) is 5.02 Å². The normalized spacial score (nSPS) is 19.2. The topological polar surface area (TPSA) is 42.1 Å². The van der Waals surface area contributed by atoms with Gasteiger partial charge in [0, 0.05) is 19.3 Å². The van der Waals surface area contributed by atoms with Crippen LogP contribution in [0.3, 0.4) is 0 Å². The van der Waals surface area contributed by atoms with Gasteiger partial charge in [-0.3, -0.25) is 0 Å². The average Bonchev–Trinajstić information content (AvgIpc) is 2.14. The molecule has 76 valence electrons. The largest absolute Gasteiger partial charge is 0.352 e. The number of nitrogens with two attached hydrogens (primary N) is 1. The number of hydrogen-bond acceptors (Lipinski definition) is 3. The summed E-state index contributed by atoms with van der Waals surface area (Å²) >= 11 is 6.02. The number of hydrogen-bond donors (Lipinski definition) is 1. The lowest BCUT2D eigenvalue weighted by Crippen LogP contribution is -2.67. The number of halogens is 1. The van der Waals surface area contributed by atoms with Crippen LogP contribution in [-0.4, -0.2) is 23.6 Å². The smallest absolute Gasteiger partial charge is 0.147 e. The van der Waals surface area contributed by atoms with Crippen LogP contribution in [0.25, 0.3) is 0 Å². The lowest BCUT2D eigenvalue weighted by molar-refractivity contribution is 0.320. The van der Waals surface area contributed by atoms with E-state index in [-0.39, 0.29) is 5.54 Å². The number of anilines is 1. The lowest BCUT2D eigenvalue weighted by Gasteiger charge is -2.48. The van der Waals surface area contributed by atoms with Gasteiger partial charge in [-0.1, -0.05) is 18.5 Å². The standard InChI is InChI=1S/C10H14ClN3/c1-2-10(12)6-14(7-10)9-8(11)4-3-5-13-9/h3-5H,2,6-7,12H2,1H3. The van der Waals surface area contributed by atoms with Gasteiger partial charge in [-0.15, -0.1) is 0 Å². The summed E-state index contributed by atoms with van der Waals surface area (Å²) in [5.41, 5.74) is 6.03. The summed E-state index contributed by atoms with van der Waals surface area (Å²) in [6, 6.07) is 3.69. The van der Waals surface area contributed by atoms with Gasteiger partial charge in [0.1, 0.15) is 5.82 Å². The van der Waals surface area contributed by atoms with E-state index in [0.29, 0.717) is 5.02 Å². The summed E-state index contributed by atoms with van der Waals surface area (Å²) < 4.78 is 0. The highest BCUT2D eigenvalue weighted by Gasteiger charge is 2.38. The summed E-state index contributed by atoms with van der Waals surface area (Å²) in [6.07, 6.45) is 2.75. The van der Waals surface area contributed by atoms with Crippen LogP contribution in [0.5, 0.6) is 0 Å². The van der Waals surface area contributed by atoms with Crippen molar-refractivity contribution < 1.29 is 0 Å². The van der Waals surface area contributed by atoms with Gasteiger partial charge < -0.3 is 10.6 Å². The molecule has 1 fully saturated rings. The molecule has 0 unspecified atom stereocenters. The van der Waals surface area contributed by atoms with Gasteiger partial charge >= 0.3 is 0 Å². The van der Waals surface area contributed by atoms with Gasteiger partial charge in [-0.05, 0) is 18.6 Å². The quantitative estimate of drug-likeness (QED) is 0.809. The van der Waals surface area contributed by atoms with Crippen LogP contribution in [-0.2, 0) is 0 Å². The Bertz CT molecular complexity index is 334. The molecule has 0 radical (unpaired) electrons. The van der Waals surface area contributed by atoms with Gasteiger partial charge in [-0.25, -0.2) is 4.98 Å². The molecular weight excluding hydrogens is 198 g/mol. The Morgan fingerprint density at radius 3 is 2.93 bits per heavy atom. The minimum atomic E-state index is -0.0408. The van der Waals surface area contributed by atoms with E-state index < -0.39 is 0 Å². The lowest BCUT2D eigenvalue weighted by atomic mass is 9.88. The maximum absolute atomic E-state index is 6.07. The molecule has 14 heavy (non-hydrogen) atoms. The van der Waals surface area contributed by atoms with E-state index in [1.54, 1.807) is 6.20 Å². The summed E-state index contributed by atoms with van der Waals surface area (Å²) in [5, 5.41) is 0.700. The number of pyridine rings is 1. The maximum atomic E-state index is 6.07. The van der Waals surface area contributed by atoms with Gasteiger partial charge in [0.05, 0.1) is 10.6 Å². The van der Waals surface area contributed by atoms with Crippen LogP contribution in [0.4, 0.5) is 5.82 Å². The minimum absolute atomic E-state index is 0.0408. The van der Waals surface area contributed by atoms with E-state index in [9.17, 15) is 0 Å². The van der Waals surface area contributed by atoms with Gasteiger partial charge in [0.15, 0.2) is 0 Å². The molecule has 0 amide bonds. The highest BCUT2D eigenvalue weighted by atomic mass is 35.5. The second-order valence-corrected chi connectivity index (χ2v) is 4.29. The predicted molar refractivity (Wildman–Crippen MR) is 58.7 cm³/mol. The Hall–Kier alpha value is -0.800. The molecule has 2 rings (SSSR count). The summed E-state index contributed by atoms with van der Waals surface area (Å²) in [6.45, 7) is 3.80. The van der Waals surface area contributed by atoms with Gasteiger partial charge in [-0.2, -0.15) is 0 Å². The molecule has 2 heterocycles. The molecule has 0 aliphatic carbocycles. The zero-order chi connectivity index (χ0) is 10.2. The molecule has 3 nitrogen and oxygen atoms in total. The van der Waals surface area contributed by atoms with Crippen LogP contribution in [0, 0.1) is 0 Å². The highest BCUT2D eigenvalue weighted by molar-refractivity contribution is 6.32. The van der Waals surface area contributed by atoms with Crippen molar-refractivity contribution in [3.8, 4) is 0 Å². The fourth-order valence-electron chi connectivity index (χ4n) is 1.70. The third kappa shape index (κ3) is 1.57. The first kappa shape index (κ1) is 9.74. The summed E-state index contributed by atoms with van der Waals surface area (Å²) in [7, 11) is 0. The first-order valence-corrected chi connectivity index (χ1v) is 5.17. The predicted octanol–water partition coefficient (Wildman–Crippen LogP) is 1.66. The van der Waals surface area contributed by atoms with E-state index in [4.69, 9.17) is 17.3 Å². The number of nitrogens with zero attached hydrogens (tertiary/aromatic N) is 2. The second-order valence-electron chi connectivity index (χ2n) is 3.88. The van der Waals surface area contributed by atoms with Crippen molar-refractivity contribution in [2.75, 3.05) is 18.0 Å². The van der Waals surface area contributed by atoms with Crippen molar-refractivity contribution in [2.45, 2.75) is 18.9 Å². The van der Waals surface area contributed by atoms with E-state index in [1.165, 1.54) is 0 Å². The molecule has 0 bridgehead atoms. The van der Waals surface area contributed by atoms with Crippen LogP contribution in [0.15, 0.2) is 18.3 Å². The van der Waals surface area contributed by atoms with Crippen molar-refractivity contribution >= 4 is 17.4 Å². The first-order valence-electron chi connectivity index (χ1n) is 4.79. The Morgan fingerprint density at radius 1 is 1.64 bits per heavy atom. The van der Waals surface area contributed by atoms with E-state index in [0.717, 1.165) is 25.3 Å². The molecule has 4 heteroatoms. The molecule has 2 N–H and O–H groups in total. The molecule has 1 saturated heterocycles. The van der Waals surface area contributed by atoms with Crippen LogP contribution < -0.4 is 10.6 Å². The fourth-order valence-corrected chi connectivity index (χ4v) is 1.94. The molecule has 1 aromatic heterocycles. The fraction of sp³-hybridized carbons (Fsp3) is 0.500. The molecule has 0 spiro atoms. The van der Waals surface area contributed by atoms with Crippen molar-refractivity contribution in [1.29, 1.82) is 0 Å². The van der Waals surface area contributed by atoms with Gasteiger partial charge in [0.2, 0.25) is 0 Å². The average molecular weight is 212 g/mol. The molecule has 1 aliphatic rings. The van der Waals surface area contributed by atoms with Crippen molar-refractivity contribution in [2.24, 2.45) is 5.73 Å². The highest BCUT2D eigenvalue weighted by Crippen LogP contribution is 2.31. The molecule has 0 saturated carbocycles. The second kappa shape index (κ2) is 3.41. The third-order valence-corrected chi connectivity index (χ3v) is 3.05. The Labute approximate surface area is 88.9 Å². The van der Waals surface area contributed by atoms with E-state index in [1.807, 2.05) is 12.1 Å². The van der Waals surface area contributed by atoms with Gasteiger partial charge in [0.25, 0.3) is 0 Å². The molecule has 0 aromatic carbocycles. The molecule has 1 aliphatic heterocycles. The first-order chi connectivity index (χ1) is 6.64. The Kier molecular flexibility index (Phi) is 2.37. The number of aromatic nitrogens is 1. The summed E-state index contributed by atoms with van der Waals surface area (Å²) in [4.78, 5) is 6.36. The zero-order valence-corrected chi connectivity index (χ0v) is 8.96. The SMILES string of the molecule is CCC1(N)CN(c2ncccc2Cl)C1. The Morgan fingerprint density at radius 2 is 2.36 bits per heavy atom. The molecule has 0 atom stereocenters. The van der Waals surface area contributed by atoms with E-state index in [2.05, 4.69) is 16.8 Å². The van der Waals surface area contributed by atoms with Crippen molar-refractivity contribution in [1.82, 2.24) is 4.98 Å². The summed E-state index contributed by atoms with van der Waals surface area (Å²) in [5.74, 6) is 0.851. The molecule has 1 aromatic rings. The van der Waals surface area contributed by atoms with Crippen LogP contribution >= 0.6 is 11.6 Å².